The predicted molar refractivity (Wildman–Crippen MR) is 77.8 cm³/mol. The van der Waals surface area contributed by atoms with Crippen LogP contribution in [0.1, 0.15) is 48.4 Å². The summed E-state index contributed by atoms with van der Waals surface area (Å²) in [5.41, 5.74) is 10.4. The van der Waals surface area contributed by atoms with Crippen LogP contribution in [0.15, 0.2) is 18.2 Å². The quantitative estimate of drug-likeness (QED) is 0.887. The van der Waals surface area contributed by atoms with Crippen LogP contribution in [-0.4, -0.2) is 24.5 Å². The van der Waals surface area contributed by atoms with E-state index < -0.39 is 0 Å². The number of hydrogen-bond donors (Lipinski definition) is 1. The number of likely N-dealkylation sites (tertiary alicyclic amines) is 1. The number of hydrogen-bond acceptors (Lipinski definition) is 2. The molecule has 0 aliphatic carbocycles. The Morgan fingerprint density at radius 3 is 2.44 bits per heavy atom. The van der Waals surface area contributed by atoms with E-state index in [0.717, 1.165) is 6.54 Å². The zero-order valence-corrected chi connectivity index (χ0v) is 11.8. The molecule has 2 nitrogen and oxygen atoms in total. The molecular formula is C16H26N2. The fraction of sp³-hybridized carbons (Fsp3) is 0.625. The first-order chi connectivity index (χ1) is 8.66. The van der Waals surface area contributed by atoms with Crippen LogP contribution >= 0.6 is 0 Å². The Morgan fingerprint density at radius 2 is 1.78 bits per heavy atom. The number of benzene rings is 1. The minimum atomic E-state index is 0.156. The summed E-state index contributed by atoms with van der Waals surface area (Å²) in [6.07, 6.45) is 5.43. The summed E-state index contributed by atoms with van der Waals surface area (Å²) < 4.78 is 0. The second-order valence-electron chi connectivity index (χ2n) is 5.68. The van der Waals surface area contributed by atoms with E-state index in [0.29, 0.717) is 0 Å². The lowest BCUT2D eigenvalue weighted by Crippen LogP contribution is -2.33. The molecule has 1 aliphatic rings. The van der Waals surface area contributed by atoms with Crippen molar-refractivity contribution in [2.24, 2.45) is 5.73 Å². The first kappa shape index (κ1) is 13.6. The van der Waals surface area contributed by atoms with Gasteiger partial charge in [0.25, 0.3) is 0 Å². The fourth-order valence-corrected chi connectivity index (χ4v) is 2.85. The van der Waals surface area contributed by atoms with E-state index in [2.05, 4.69) is 36.9 Å². The van der Waals surface area contributed by atoms with Gasteiger partial charge >= 0.3 is 0 Å². The maximum atomic E-state index is 6.40. The van der Waals surface area contributed by atoms with E-state index in [1.165, 1.54) is 55.5 Å². The van der Waals surface area contributed by atoms with Gasteiger partial charge in [0, 0.05) is 12.6 Å². The lowest BCUT2D eigenvalue weighted by molar-refractivity contribution is 0.267. The van der Waals surface area contributed by atoms with E-state index in [-0.39, 0.29) is 6.04 Å². The maximum absolute atomic E-state index is 6.40. The summed E-state index contributed by atoms with van der Waals surface area (Å²) in [5.74, 6) is 0. The first-order valence-electron chi connectivity index (χ1n) is 7.22. The molecule has 0 aromatic heterocycles. The van der Waals surface area contributed by atoms with Crippen molar-refractivity contribution in [3.63, 3.8) is 0 Å². The Kier molecular flexibility index (Phi) is 4.79. The third-order valence-corrected chi connectivity index (χ3v) is 3.99. The zero-order chi connectivity index (χ0) is 13.0. The molecule has 2 rings (SSSR count). The Balaban J connectivity index is 2.01. The van der Waals surface area contributed by atoms with Crippen LogP contribution in [0.25, 0.3) is 0 Å². The van der Waals surface area contributed by atoms with Gasteiger partial charge in [-0.2, -0.15) is 0 Å². The van der Waals surface area contributed by atoms with Crippen LogP contribution in [0.5, 0.6) is 0 Å². The van der Waals surface area contributed by atoms with E-state index in [9.17, 15) is 0 Å². The maximum Gasteiger partial charge on any atom is 0.0427 e. The SMILES string of the molecule is Cc1ccc(C)c(C(N)CN2CCCCCC2)c1. The molecule has 18 heavy (non-hydrogen) atoms. The lowest BCUT2D eigenvalue weighted by Gasteiger charge is -2.25. The molecule has 1 atom stereocenters. The highest BCUT2D eigenvalue weighted by Gasteiger charge is 2.15. The van der Waals surface area contributed by atoms with Gasteiger partial charge in [-0.15, -0.1) is 0 Å². The Bertz CT molecular complexity index is 379. The third kappa shape index (κ3) is 3.56. The second-order valence-corrected chi connectivity index (χ2v) is 5.68. The highest BCUT2D eigenvalue weighted by Crippen LogP contribution is 2.20. The van der Waals surface area contributed by atoms with Crippen molar-refractivity contribution in [3.8, 4) is 0 Å². The first-order valence-corrected chi connectivity index (χ1v) is 7.22. The van der Waals surface area contributed by atoms with Crippen LogP contribution in [0.4, 0.5) is 0 Å². The standard InChI is InChI=1S/C16H26N2/c1-13-7-8-14(2)15(11-13)16(17)12-18-9-5-3-4-6-10-18/h7-8,11,16H,3-6,9-10,12,17H2,1-2H3. The normalized spacial score (nSPS) is 19.5. The van der Waals surface area contributed by atoms with E-state index >= 15 is 0 Å². The molecule has 1 fully saturated rings. The van der Waals surface area contributed by atoms with Crippen molar-refractivity contribution in [2.75, 3.05) is 19.6 Å². The molecule has 1 unspecified atom stereocenters. The number of nitrogens with zero attached hydrogens (tertiary/aromatic N) is 1. The topological polar surface area (TPSA) is 29.3 Å². The molecule has 0 amide bonds. The smallest absolute Gasteiger partial charge is 0.0427 e. The van der Waals surface area contributed by atoms with Gasteiger partial charge in [-0.25, -0.2) is 0 Å². The van der Waals surface area contributed by atoms with E-state index in [4.69, 9.17) is 5.73 Å². The summed E-state index contributed by atoms with van der Waals surface area (Å²) in [7, 11) is 0. The molecule has 1 heterocycles. The minimum Gasteiger partial charge on any atom is -0.323 e. The average Bonchev–Trinajstić information content (AvgIpc) is 2.61. The fourth-order valence-electron chi connectivity index (χ4n) is 2.85. The molecule has 2 heteroatoms. The second kappa shape index (κ2) is 6.35. The number of aryl methyl sites for hydroxylation is 2. The molecule has 2 N–H and O–H groups in total. The van der Waals surface area contributed by atoms with Gasteiger partial charge in [0.1, 0.15) is 0 Å². The third-order valence-electron chi connectivity index (χ3n) is 3.99. The Morgan fingerprint density at radius 1 is 1.11 bits per heavy atom. The van der Waals surface area contributed by atoms with Crippen LogP contribution in [-0.2, 0) is 0 Å². The molecule has 100 valence electrons. The van der Waals surface area contributed by atoms with Gasteiger partial charge in [0.2, 0.25) is 0 Å². The molecule has 0 bridgehead atoms. The summed E-state index contributed by atoms with van der Waals surface area (Å²) in [5, 5.41) is 0. The van der Waals surface area contributed by atoms with Crippen molar-refractivity contribution in [2.45, 2.75) is 45.6 Å². The highest BCUT2D eigenvalue weighted by molar-refractivity contribution is 5.33. The molecule has 0 spiro atoms. The molecule has 1 saturated heterocycles. The van der Waals surface area contributed by atoms with Gasteiger partial charge in [-0.3, -0.25) is 0 Å². The molecular weight excluding hydrogens is 220 g/mol. The minimum absolute atomic E-state index is 0.156. The van der Waals surface area contributed by atoms with Gasteiger partial charge in [0.05, 0.1) is 0 Å². The van der Waals surface area contributed by atoms with Gasteiger partial charge in [0.15, 0.2) is 0 Å². The predicted octanol–water partition coefficient (Wildman–Crippen LogP) is 3.18. The number of nitrogens with two attached hydrogens (primary N) is 1. The summed E-state index contributed by atoms with van der Waals surface area (Å²) >= 11 is 0. The average molecular weight is 246 g/mol. The highest BCUT2D eigenvalue weighted by atomic mass is 15.1. The van der Waals surface area contributed by atoms with E-state index in [1.807, 2.05) is 0 Å². The Hall–Kier alpha value is -0.860. The van der Waals surface area contributed by atoms with Crippen LogP contribution in [0.2, 0.25) is 0 Å². The van der Waals surface area contributed by atoms with Crippen LogP contribution in [0, 0.1) is 13.8 Å². The molecule has 0 saturated carbocycles. The zero-order valence-electron chi connectivity index (χ0n) is 11.8. The van der Waals surface area contributed by atoms with Gasteiger partial charge < -0.3 is 10.6 Å². The molecule has 1 aromatic carbocycles. The summed E-state index contributed by atoms with van der Waals surface area (Å²) in [4.78, 5) is 2.54. The summed E-state index contributed by atoms with van der Waals surface area (Å²) in [6, 6.07) is 6.76. The number of rotatable bonds is 3. The van der Waals surface area contributed by atoms with Gasteiger partial charge in [-0.05, 0) is 50.9 Å². The lowest BCUT2D eigenvalue weighted by atomic mass is 9.99. The van der Waals surface area contributed by atoms with Crippen molar-refractivity contribution in [3.05, 3.63) is 34.9 Å². The molecule has 1 aliphatic heterocycles. The monoisotopic (exact) mass is 246 g/mol. The Labute approximate surface area is 111 Å². The molecule has 0 radical (unpaired) electrons. The van der Waals surface area contributed by atoms with Crippen molar-refractivity contribution in [1.82, 2.24) is 4.90 Å². The van der Waals surface area contributed by atoms with Crippen LogP contribution in [0.3, 0.4) is 0 Å². The largest absolute Gasteiger partial charge is 0.323 e. The van der Waals surface area contributed by atoms with Crippen LogP contribution < -0.4 is 5.73 Å². The van der Waals surface area contributed by atoms with Gasteiger partial charge in [-0.1, -0.05) is 36.6 Å². The van der Waals surface area contributed by atoms with Crippen molar-refractivity contribution >= 4 is 0 Å². The van der Waals surface area contributed by atoms with Crippen molar-refractivity contribution < 1.29 is 0 Å². The molecule has 1 aromatic rings. The van der Waals surface area contributed by atoms with Crippen molar-refractivity contribution in [1.29, 1.82) is 0 Å². The summed E-state index contributed by atoms with van der Waals surface area (Å²) in [6.45, 7) is 7.75. The van der Waals surface area contributed by atoms with E-state index in [1.54, 1.807) is 0 Å².